The van der Waals surface area contributed by atoms with Gasteiger partial charge in [-0.2, -0.15) is 0 Å². The van der Waals surface area contributed by atoms with E-state index in [1.165, 1.54) is 0 Å². The van der Waals surface area contributed by atoms with E-state index in [9.17, 15) is 17.5 Å². The third kappa shape index (κ3) is 1.83. The first-order valence-electron chi connectivity index (χ1n) is 1.85. The highest BCUT2D eigenvalue weighted by Gasteiger charge is 2.23. The lowest BCUT2D eigenvalue weighted by atomic mass is 10.5. The summed E-state index contributed by atoms with van der Waals surface area (Å²) in [6.07, 6.45) is 0. The molecule has 0 aromatic carbocycles. The first-order chi connectivity index (χ1) is 3.50. The van der Waals surface area contributed by atoms with Crippen molar-refractivity contribution in [3.05, 3.63) is 0 Å². The second kappa shape index (κ2) is 2.50. The molecule has 50 valence electrons. The Labute approximate surface area is 48.2 Å². The Balaban J connectivity index is 3.91. The van der Waals surface area contributed by atoms with Gasteiger partial charge in [-0.25, -0.2) is 8.78 Å². The van der Waals surface area contributed by atoms with Gasteiger partial charge in [0.1, 0.15) is 6.67 Å². The van der Waals surface area contributed by atoms with Crippen molar-refractivity contribution in [1.29, 1.82) is 0 Å². The van der Waals surface area contributed by atoms with Crippen LogP contribution in [0.4, 0.5) is 8.78 Å². The van der Waals surface area contributed by atoms with E-state index in [1.54, 1.807) is 0 Å². The normalized spacial score (nSPS) is 22.0. The molecule has 0 rings (SSSR count). The number of hydrogen-bond donors (Lipinski definition) is 0. The fourth-order valence-electron chi connectivity index (χ4n) is 0.0445. The Hall–Kier alpha value is -0.0300. The zero-order valence-corrected chi connectivity index (χ0v) is 5.00. The highest BCUT2D eigenvalue weighted by molar-refractivity contribution is 7.80. The van der Waals surface area contributed by atoms with Crippen molar-refractivity contribution in [3.63, 3.8) is 0 Å². The van der Waals surface area contributed by atoms with Crippen molar-refractivity contribution in [3.8, 4) is 0 Å². The highest BCUT2D eigenvalue weighted by Crippen LogP contribution is 2.13. The molecule has 0 amide bonds. The predicted octanol–water partition coefficient (Wildman–Crippen LogP) is 0.521. The van der Waals surface area contributed by atoms with Crippen LogP contribution in [0.2, 0.25) is 0 Å². The number of hydrogen-bond acceptors (Lipinski definition) is 2. The van der Waals surface area contributed by atoms with E-state index in [1.807, 2.05) is 0 Å². The summed E-state index contributed by atoms with van der Waals surface area (Å²) in [7, 11) is 0. The van der Waals surface area contributed by atoms with E-state index in [2.05, 4.69) is 0 Å². The molecule has 0 aromatic heterocycles. The fraction of sp³-hybridized carbons (Fsp3) is 1.00. The van der Waals surface area contributed by atoms with E-state index in [-0.39, 0.29) is 0 Å². The molecule has 0 aliphatic carbocycles. The quantitative estimate of drug-likeness (QED) is 0.529. The minimum atomic E-state index is -2.97. The van der Waals surface area contributed by atoms with Gasteiger partial charge in [0.2, 0.25) is 0 Å². The van der Waals surface area contributed by atoms with Crippen LogP contribution >= 0.6 is 0 Å². The van der Waals surface area contributed by atoms with E-state index >= 15 is 0 Å². The van der Waals surface area contributed by atoms with Crippen LogP contribution in [0.15, 0.2) is 0 Å². The van der Waals surface area contributed by atoms with Crippen LogP contribution in [0.1, 0.15) is 6.92 Å². The summed E-state index contributed by atoms with van der Waals surface area (Å²) in [4.78, 5) is 0. The maximum atomic E-state index is 12.0. The van der Waals surface area contributed by atoms with Gasteiger partial charge >= 0.3 is 0 Å². The molecular formula is C3H5F2O2S-. The number of halogens is 2. The molecule has 0 aliphatic rings. The van der Waals surface area contributed by atoms with Crippen LogP contribution in [0.3, 0.4) is 0 Å². The smallest absolute Gasteiger partial charge is 0.197 e. The minimum absolute atomic E-state index is 0.663. The molecule has 8 heavy (non-hydrogen) atoms. The summed E-state index contributed by atoms with van der Waals surface area (Å²) in [5.74, 6) is 0. The van der Waals surface area contributed by atoms with Crippen LogP contribution < -0.4 is 0 Å². The molecule has 0 saturated heterocycles. The molecule has 0 N–H and O–H groups in total. The van der Waals surface area contributed by atoms with Crippen LogP contribution in [0, 0.1) is 0 Å². The Bertz CT molecular complexity index is 103. The maximum Gasteiger partial charge on any atom is 0.197 e. The third-order valence-corrected chi connectivity index (χ3v) is 1.39. The Morgan fingerprint density at radius 1 is 1.88 bits per heavy atom. The van der Waals surface area contributed by atoms with E-state index in [4.69, 9.17) is 0 Å². The van der Waals surface area contributed by atoms with Crippen molar-refractivity contribution >= 4 is 11.1 Å². The van der Waals surface area contributed by atoms with Gasteiger partial charge in [-0.1, -0.05) is 0 Å². The molecule has 0 bridgehead atoms. The molecule has 0 radical (unpaired) electrons. The standard InChI is InChI=1S/C3H6F2O2S/c1-3(5,2-4)8(6)7/h2H2,1H3,(H,6,7)/p-1. The summed E-state index contributed by atoms with van der Waals surface area (Å²) in [5, 5.41) is -2.71. The van der Waals surface area contributed by atoms with E-state index in [0.717, 1.165) is 0 Å². The van der Waals surface area contributed by atoms with Crippen LogP contribution in [-0.2, 0) is 11.1 Å². The molecule has 2 atom stereocenters. The molecule has 2 unspecified atom stereocenters. The summed E-state index contributed by atoms with van der Waals surface area (Å²) in [6.45, 7) is -0.834. The molecule has 0 aromatic rings. The average Bonchev–Trinajstić information content (AvgIpc) is 1.67. The van der Waals surface area contributed by atoms with E-state index < -0.39 is 22.8 Å². The zero-order valence-electron chi connectivity index (χ0n) is 4.19. The SMILES string of the molecule is CC(F)(CF)S(=O)[O-]. The Morgan fingerprint density at radius 2 is 2.25 bits per heavy atom. The van der Waals surface area contributed by atoms with Crippen LogP contribution in [-0.4, -0.2) is 20.4 Å². The second-order valence-electron chi connectivity index (χ2n) is 1.47. The molecule has 0 heterocycles. The van der Waals surface area contributed by atoms with Crippen LogP contribution in [0.5, 0.6) is 0 Å². The lowest BCUT2D eigenvalue weighted by Gasteiger charge is -2.18. The van der Waals surface area contributed by atoms with Crippen molar-refractivity contribution in [2.75, 3.05) is 6.67 Å². The predicted molar refractivity (Wildman–Crippen MR) is 24.4 cm³/mol. The van der Waals surface area contributed by atoms with Gasteiger partial charge in [-0.3, -0.25) is 4.21 Å². The lowest BCUT2D eigenvalue weighted by molar-refractivity contribution is 0.224. The maximum absolute atomic E-state index is 12.0. The summed E-state index contributed by atoms with van der Waals surface area (Å²) in [5.41, 5.74) is 0. The first kappa shape index (κ1) is 7.97. The average molecular weight is 143 g/mol. The first-order valence-corrected chi connectivity index (χ1v) is 2.92. The van der Waals surface area contributed by atoms with Crippen molar-refractivity contribution in [2.45, 2.75) is 11.9 Å². The molecule has 5 heteroatoms. The minimum Gasteiger partial charge on any atom is -0.770 e. The van der Waals surface area contributed by atoms with Gasteiger partial charge in [-0.05, 0) is 18.0 Å². The molecule has 0 spiro atoms. The molecule has 2 nitrogen and oxygen atoms in total. The van der Waals surface area contributed by atoms with Gasteiger partial charge in [0.15, 0.2) is 5.00 Å². The van der Waals surface area contributed by atoms with Gasteiger partial charge in [0.05, 0.1) is 0 Å². The third-order valence-electron chi connectivity index (χ3n) is 0.586. The largest absolute Gasteiger partial charge is 0.770 e. The summed E-state index contributed by atoms with van der Waals surface area (Å²) >= 11 is -2.97. The van der Waals surface area contributed by atoms with E-state index in [0.29, 0.717) is 6.92 Å². The van der Waals surface area contributed by atoms with Crippen molar-refractivity contribution in [1.82, 2.24) is 0 Å². The summed E-state index contributed by atoms with van der Waals surface area (Å²) in [6, 6.07) is 0. The van der Waals surface area contributed by atoms with Crippen LogP contribution in [0.25, 0.3) is 0 Å². The summed E-state index contributed by atoms with van der Waals surface area (Å²) < 4.78 is 42.5. The lowest BCUT2D eigenvalue weighted by Crippen LogP contribution is -2.26. The molecular weight excluding hydrogens is 138 g/mol. The van der Waals surface area contributed by atoms with Gasteiger partial charge in [0.25, 0.3) is 0 Å². The van der Waals surface area contributed by atoms with Gasteiger partial charge < -0.3 is 4.55 Å². The fourth-order valence-corrected chi connectivity index (χ4v) is 0.134. The zero-order chi connectivity index (χ0) is 6.78. The Morgan fingerprint density at radius 3 is 2.25 bits per heavy atom. The van der Waals surface area contributed by atoms with Gasteiger partial charge in [-0.15, -0.1) is 0 Å². The monoisotopic (exact) mass is 143 g/mol. The molecule has 0 saturated carbocycles. The molecule has 0 fully saturated rings. The highest BCUT2D eigenvalue weighted by atomic mass is 32.2. The Kier molecular flexibility index (Phi) is 2.49. The number of alkyl halides is 2. The van der Waals surface area contributed by atoms with Gasteiger partial charge in [0, 0.05) is 0 Å². The number of rotatable bonds is 2. The second-order valence-corrected chi connectivity index (χ2v) is 2.79. The van der Waals surface area contributed by atoms with Crippen molar-refractivity contribution < 1.29 is 17.5 Å². The van der Waals surface area contributed by atoms with Crippen molar-refractivity contribution in [2.24, 2.45) is 0 Å². The molecule has 0 aliphatic heterocycles. The topological polar surface area (TPSA) is 40.1 Å².